The highest BCUT2D eigenvalue weighted by Crippen LogP contribution is 2.29. The van der Waals surface area contributed by atoms with E-state index in [0.29, 0.717) is 34.1 Å². The van der Waals surface area contributed by atoms with E-state index >= 15 is 0 Å². The van der Waals surface area contributed by atoms with Gasteiger partial charge in [0.15, 0.2) is 11.5 Å². The van der Waals surface area contributed by atoms with Crippen LogP contribution in [0.4, 0.5) is 0 Å². The number of nitriles is 1. The molecule has 0 aliphatic rings. The molecule has 6 heteroatoms. The van der Waals surface area contributed by atoms with Gasteiger partial charge in [0.05, 0.1) is 25.9 Å². The minimum Gasteiger partial charge on any atom is -0.493 e. The highest BCUT2D eigenvalue weighted by atomic mass is 16.5. The molecule has 0 atom stereocenters. The van der Waals surface area contributed by atoms with Crippen molar-refractivity contribution in [1.82, 2.24) is 0 Å². The van der Waals surface area contributed by atoms with E-state index in [0.717, 1.165) is 0 Å². The smallest absolute Gasteiger partial charge is 0.341 e. The maximum Gasteiger partial charge on any atom is 0.341 e. The van der Waals surface area contributed by atoms with Crippen LogP contribution in [0.3, 0.4) is 0 Å². The van der Waals surface area contributed by atoms with Crippen molar-refractivity contribution in [3.63, 3.8) is 0 Å². The summed E-state index contributed by atoms with van der Waals surface area (Å²) in [6.07, 6.45) is 0. The van der Waals surface area contributed by atoms with Gasteiger partial charge in [0.1, 0.15) is 23.7 Å². The standard InChI is InChI=1S/C16H15NO5/c1-10-13(16(18)20-3)7-12(22-10)9-21-14-5-4-11(8-17)6-15(14)19-2/h4-7H,9H2,1-3H3. The van der Waals surface area contributed by atoms with Gasteiger partial charge < -0.3 is 18.6 Å². The van der Waals surface area contributed by atoms with Crippen molar-refractivity contribution in [2.24, 2.45) is 0 Å². The fraction of sp³-hybridized carbons (Fsp3) is 0.250. The van der Waals surface area contributed by atoms with Gasteiger partial charge >= 0.3 is 5.97 Å². The van der Waals surface area contributed by atoms with Crippen LogP contribution in [0.15, 0.2) is 28.7 Å². The van der Waals surface area contributed by atoms with Crippen molar-refractivity contribution in [3.8, 4) is 17.6 Å². The molecule has 0 saturated carbocycles. The van der Waals surface area contributed by atoms with Gasteiger partial charge in [-0.15, -0.1) is 0 Å². The Morgan fingerprint density at radius 2 is 2.05 bits per heavy atom. The number of nitrogens with zero attached hydrogens (tertiary/aromatic N) is 1. The van der Waals surface area contributed by atoms with Crippen LogP contribution in [0.2, 0.25) is 0 Å². The molecule has 0 unspecified atom stereocenters. The van der Waals surface area contributed by atoms with Crippen LogP contribution in [-0.4, -0.2) is 20.2 Å². The molecule has 1 aromatic carbocycles. The average molecular weight is 301 g/mol. The molecule has 2 aromatic rings. The SMILES string of the molecule is COC(=O)c1cc(COc2ccc(C#N)cc2OC)oc1C. The lowest BCUT2D eigenvalue weighted by Crippen LogP contribution is -2.01. The summed E-state index contributed by atoms with van der Waals surface area (Å²) in [5.41, 5.74) is 0.846. The van der Waals surface area contributed by atoms with Gasteiger partial charge in [0, 0.05) is 6.07 Å². The van der Waals surface area contributed by atoms with E-state index in [-0.39, 0.29) is 6.61 Å². The summed E-state index contributed by atoms with van der Waals surface area (Å²) in [6, 6.07) is 8.47. The highest BCUT2D eigenvalue weighted by Gasteiger charge is 2.16. The molecule has 0 amide bonds. The molecular formula is C16H15NO5. The van der Waals surface area contributed by atoms with Crippen molar-refractivity contribution in [1.29, 1.82) is 5.26 Å². The number of benzene rings is 1. The number of methoxy groups -OCH3 is 2. The normalized spacial score (nSPS) is 9.91. The Kier molecular flexibility index (Phi) is 4.69. The van der Waals surface area contributed by atoms with Crippen LogP contribution in [-0.2, 0) is 11.3 Å². The summed E-state index contributed by atoms with van der Waals surface area (Å²) in [5, 5.41) is 8.86. The summed E-state index contributed by atoms with van der Waals surface area (Å²) in [6.45, 7) is 1.80. The molecule has 6 nitrogen and oxygen atoms in total. The molecule has 1 aromatic heterocycles. The van der Waals surface area contributed by atoms with Crippen LogP contribution in [0.5, 0.6) is 11.5 Å². The van der Waals surface area contributed by atoms with E-state index < -0.39 is 5.97 Å². The van der Waals surface area contributed by atoms with Crippen LogP contribution in [0.1, 0.15) is 27.4 Å². The quantitative estimate of drug-likeness (QED) is 0.790. The first kappa shape index (κ1) is 15.4. The van der Waals surface area contributed by atoms with E-state index in [4.69, 9.17) is 19.2 Å². The topological polar surface area (TPSA) is 81.7 Å². The summed E-state index contributed by atoms with van der Waals surface area (Å²) in [5.74, 6) is 1.44. The Hall–Kier alpha value is -2.94. The van der Waals surface area contributed by atoms with E-state index in [9.17, 15) is 4.79 Å². The highest BCUT2D eigenvalue weighted by molar-refractivity contribution is 5.90. The molecule has 114 valence electrons. The zero-order valence-corrected chi connectivity index (χ0v) is 12.5. The fourth-order valence-corrected chi connectivity index (χ4v) is 1.93. The number of furan rings is 1. The Balaban J connectivity index is 2.14. The van der Waals surface area contributed by atoms with Crippen LogP contribution in [0, 0.1) is 18.3 Å². The maximum atomic E-state index is 11.5. The predicted molar refractivity (Wildman–Crippen MR) is 76.8 cm³/mol. The number of hydrogen-bond donors (Lipinski definition) is 0. The van der Waals surface area contributed by atoms with Crippen LogP contribution >= 0.6 is 0 Å². The lowest BCUT2D eigenvalue weighted by Gasteiger charge is -2.09. The lowest BCUT2D eigenvalue weighted by atomic mass is 10.2. The Labute approximate surface area is 127 Å². The maximum absolute atomic E-state index is 11.5. The first-order chi connectivity index (χ1) is 10.6. The first-order valence-corrected chi connectivity index (χ1v) is 6.47. The fourth-order valence-electron chi connectivity index (χ4n) is 1.93. The van der Waals surface area contributed by atoms with Crippen molar-refractivity contribution in [2.75, 3.05) is 14.2 Å². The van der Waals surface area contributed by atoms with E-state index in [1.54, 1.807) is 31.2 Å². The van der Waals surface area contributed by atoms with Crippen molar-refractivity contribution in [3.05, 3.63) is 46.9 Å². The number of rotatable bonds is 5. The number of esters is 1. The summed E-state index contributed by atoms with van der Waals surface area (Å²) in [7, 11) is 2.81. The summed E-state index contributed by atoms with van der Waals surface area (Å²) < 4.78 is 20.9. The van der Waals surface area contributed by atoms with Crippen LogP contribution in [0.25, 0.3) is 0 Å². The third kappa shape index (κ3) is 3.20. The molecule has 0 fully saturated rings. The van der Waals surface area contributed by atoms with Gasteiger partial charge in [-0.3, -0.25) is 0 Å². The zero-order chi connectivity index (χ0) is 16.1. The average Bonchev–Trinajstić information content (AvgIpc) is 2.92. The molecule has 0 aliphatic carbocycles. The van der Waals surface area contributed by atoms with Crippen molar-refractivity contribution < 1.29 is 23.4 Å². The lowest BCUT2D eigenvalue weighted by molar-refractivity contribution is 0.0599. The number of carbonyl (C=O) groups excluding carboxylic acids is 1. The Morgan fingerprint density at radius 1 is 1.27 bits per heavy atom. The van der Waals surface area contributed by atoms with Gasteiger partial charge in [-0.2, -0.15) is 5.26 Å². The number of hydrogen-bond acceptors (Lipinski definition) is 6. The monoisotopic (exact) mass is 301 g/mol. The molecule has 0 spiro atoms. The molecular weight excluding hydrogens is 286 g/mol. The molecule has 0 N–H and O–H groups in total. The molecule has 2 rings (SSSR count). The minimum atomic E-state index is -0.455. The first-order valence-electron chi connectivity index (χ1n) is 6.47. The van der Waals surface area contributed by atoms with E-state index in [2.05, 4.69) is 4.74 Å². The third-order valence-electron chi connectivity index (χ3n) is 3.04. The number of carbonyl (C=O) groups is 1. The largest absolute Gasteiger partial charge is 0.493 e. The second-order valence-corrected chi connectivity index (χ2v) is 4.44. The van der Waals surface area contributed by atoms with Gasteiger partial charge in [-0.1, -0.05) is 0 Å². The van der Waals surface area contributed by atoms with Gasteiger partial charge in [-0.25, -0.2) is 4.79 Å². The predicted octanol–water partition coefficient (Wildman–Crippen LogP) is 2.83. The number of aryl methyl sites for hydroxylation is 1. The summed E-state index contributed by atoms with van der Waals surface area (Å²) in [4.78, 5) is 11.5. The Morgan fingerprint density at radius 3 is 2.68 bits per heavy atom. The van der Waals surface area contributed by atoms with Gasteiger partial charge in [-0.05, 0) is 25.1 Å². The van der Waals surface area contributed by atoms with Gasteiger partial charge in [0.2, 0.25) is 0 Å². The van der Waals surface area contributed by atoms with Crippen molar-refractivity contribution >= 4 is 5.97 Å². The molecule has 1 heterocycles. The second kappa shape index (κ2) is 6.68. The summed E-state index contributed by atoms with van der Waals surface area (Å²) >= 11 is 0. The number of ether oxygens (including phenoxy) is 3. The van der Waals surface area contributed by atoms with Gasteiger partial charge in [0.25, 0.3) is 0 Å². The molecule has 0 saturated heterocycles. The minimum absolute atomic E-state index is 0.125. The van der Waals surface area contributed by atoms with E-state index in [1.807, 2.05) is 6.07 Å². The molecule has 22 heavy (non-hydrogen) atoms. The van der Waals surface area contributed by atoms with Crippen LogP contribution < -0.4 is 9.47 Å². The molecule has 0 bridgehead atoms. The second-order valence-electron chi connectivity index (χ2n) is 4.44. The third-order valence-corrected chi connectivity index (χ3v) is 3.04. The van der Waals surface area contributed by atoms with E-state index in [1.165, 1.54) is 14.2 Å². The zero-order valence-electron chi connectivity index (χ0n) is 12.5. The Bertz CT molecular complexity index is 727. The molecule has 0 aliphatic heterocycles. The molecule has 0 radical (unpaired) electrons. The van der Waals surface area contributed by atoms with Crippen molar-refractivity contribution in [2.45, 2.75) is 13.5 Å².